The second-order valence-electron chi connectivity index (χ2n) is 11.9. The molecule has 0 saturated carbocycles. The van der Waals surface area contributed by atoms with E-state index in [-0.39, 0.29) is 30.1 Å². The summed E-state index contributed by atoms with van der Waals surface area (Å²) < 4.78 is 5.52. The number of halogens is 1. The topological polar surface area (TPSA) is 115 Å². The third kappa shape index (κ3) is 5.32. The first-order chi connectivity index (χ1) is 20.9. The molecule has 2 N–H and O–H groups in total. The first kappa shape index (κ1) is 28.1. The highest BCUT2D eigenvalue weighted by Gasteiger charge is 2.39. The average molecular weight is 604 g/mol. The van der Waals surface area contributed by atoms with E-state index >= 15 is 0 Å². The second kappa shape index (κ2) is 11.4. The lowest BCUT2D eigenvalue weighted by Crippen LogP contribution is -2.52. The van der Waals surface area contributed by atoms with Gasteiger partial charge in [0.1, 0.15) is 11.7 Å². The highest BCUT2D eigenvalue weighted by atomic mass is 35.5. The predicted molar refractivity (Wildman–Crippen MR) is 160 cm³/mol. The Hall–Kier alpha value is -3.73. The number of likely N-dealkylation sites (tertiary alicyclic amines) is 1. The van der Waals surface area contributed by atoms with E-state index in [4.69, 9.17) is 16.3 Å². The summed E-state index contributed by atoms with van der Waals surface area (Å²) >= 11 is 6.28. The Morgan fingerprint density at radius 2 is 1.77 bits per heavy atom. The molecule has 0 bridgehead atoms. The van der Waals surface area contributed by atoms with Crippen molar-refractivity contribution in [3.8, 4) is 0 Å². The highest BCUT2D eigenvalue weighted by molar-refractivity contribution is 6.31. The summed E-state index contributed by atoms with van der Waals surface area (Å²) in [5, 5.41) is 4.00. The molecule has 2 aromatic carbocycles. The van der Waals surface area contributed by atoms with Gasteiger partial charge < -0.3 is 19.5 Å². The Morgan fingerprint density at radius 1 is 0.977 bits per heavy atom. The number of H-pyrrole nitrogens is 1. The molecule has 1 unspecified atom stereocenters. The van der Waals surface area contributed by atoms with E-state index in [1.807, 2.05) is 35.2 Å². The van der Waals surface area contributed by atoms with Gasteiger partial charge in [0.15, 0.2) is 0 Å². The Kier molecular flexibility index (Phi) is 7.44. The lowest BCUT2D eigenvalue weighted by molar-refractivity contribution is -0.136. The largest absolute Gasteiger partial charge is 0.379 e. The molecule has 4 aliphatic heterocycles. The van der Waals surface area contributed by atoms with Crippen molar-refractivity contribution in [1.82, 2.24) is 25.0 Å². The van der Waals surface area contributed by atoms with Crippen LogP contribution in [-0.2, 0) is 27.4 Å². The van der Waals surface area contributed by atoms with E-state index < -0.39 is 11.9 Å². The monoisotopic (exact) mass is 603 g/mol. The van der Waals surface area contributed by atoms with Crippen LogP contribution < -0.4 is 5.32 Å². The molecule has 4 aliphatic rings. The smallest absolute Gasteiger partial charge is 0.270 e. The van der Waals surface area contributed by atoms with Crippen molar-refractivity contribution in [2.75, 3.05) is 39.4 Å². The Balaban J connectivity index is 1.05. The molecule has 10 nitrogen and oxygen atoms in total. The molecule has 11 heteroatoms. The number of nitrogens with one attached hydrogen (secondary N) is 2. The van der Waals surface area contributed by atoms with Crippen molar-refractivity contribution >= 4 is 46.1 Å². The normalized spacial score (nSPS) is 21.9. The summed E-state index contributed by atoms with van der Waals surface area (Å²) in [4.78, 5) is 60.2. The van der Waals surface area contributed by atoms with Gasteiger partial charge in [-0.25, -0.2) is 0 Å². The minimum atomic E-state index is -0.621. The van der Waals surface area contributed by atoms with Gasteiger partial charge in [-0.2, -0.15) is 0 Å². The number of aromatic nitrogens is 1. The summed E-state index contributed by atoms with van der Waals surface area (Å²) in [6, 6.07) is 11.1. The quantitative estimate of drug-likeness (QED) is 0.432. The summed E-state index contributed by atoms with van der Waals surface area (Å²) in [5.41, 5.74) is 5.18. The van der Waals surface area contributed by atoms with Crippen LogP contribution in [0.1, 0.15) is 69.1 Å². The molecule has 1 atom stereocenters. The van der Waals surface area contributed by atoms with E-state index in [2.05, 4.69) is 21.3 Å². The van der Waals surface area contributed by atoms with Crippen molar-refractivity contribution in [2.45, 2.75) is 50.7 Å². The van der Waals surface area contributed by atoms with Crippen LogP contribution in [0.5, 0.6) is 0 Å². The molecule has 0 radical (unpaired) electrons. The number of ether oxygens (including phenoxy) is 1. The number of piperidine rings is 2. The predicted octanol–water partition coefficient (Wildman–Crippen LogP) is 3.43. The standard InChI is InChI=1S/C32H34ClN5O5/c33-22-2-4-24-25(18-36-11-13-43-14-12-36)29(34-26(24)16-22)32(42)37-9-7-19(8-10-37)20-1-3-23-21(15-20)17-38(31(23)41)27-5-6-28(39)35-30(27)40/h1-4,15-16,19,27,34H,5-14,17-18H2,(H,35,39,40). The molecule has 0 spiro atoms. The van der Waals surface area contributed by atoms with Crippen LogP contribution in [0.3, 0.4) is 0 Å². The Morgan fingerprint density at radius 3 is 2.53 bits per heavy atom. The van der Waals surface area contributed by atoms with Gasteiger partial charge in [0, 0.05) is 72.7 Å². The number of amides is 4. The molecule has 3 fully saturated rings. The van der Waals surface area contributed by atoms with Crippen LogP contribution >= 0.6 is 11.6 Å². The fourth-order valence-electron chi connectivity index (χ4n) is 6.98. The van der Waals surface area contributed by atoms with Gasteiger partial charge in [-0.15, -0.1) is 0 Å². The van der Waals surface area contributed by atoms with Crippen molar-refractivity contribution < 1.29 is 23.9 Å². The first-order valence-electron chi connectivity index (χ1n) is 15.0. The summed E-state index contributed by atoms with van der Waals surface area (Å²) in [5.74, 6) is -0.582. The number of rotatable bonds is 5. The zero-order chi connectivity index (χ0) is 29.7. The summed E-state index contributed by atoms with van der Waals surface area (Å²) in [6.45, 7) is 5.35. The van der Waals surface area contributed by atoms with Crippen LogP contribution in [-0.4, -0.2) is 88.7 Å². The number of benzene rings is 2. The SMILES string of the molecule is O=C1CCC(N2Cc3cc(C4CCN(C(=O)c5[nH]c6cc(Cl)ccc6c5CN5CCOCC5)CC4)ccc3C2=O)C(=O)N1. The van der Waals surface area contributed by atoms with Gasteiger partial charge >= 0.3 is 0 Å². The lowest BCUT2D eigenvalue weighted by Gasteiger charge is -2.33. The van der Waals surface area contributed by atoms with Crippen LogP contribution in [0, 0.1) is 0 Å². The van der Waals surface area contributed by atoms with E-state index in [1.165, 1.54) is 0 Å². The first-order valence-corrected chi connectivity index (χ1v) is 15.4. The van der Waals surface area contributed by atoms with Gasteiger partial charge in [-0.3, -0.25) is 29.4 Å². The lowest BCUT2D eigenvalue weighted by atomic mass is 9.87. The van der Waals surface area contributed by atoms with Crippen LogP contribution in [0.15, 0.2) is 36.4 Å². The summed E-state index contributed by atoms with van der Waals surface area (Å²) in [6.07, 6.45) is 2.22. The number of morpholine rings is 1. The number of carbonyl (C=O) groups excluding carboxylic acids is 4. The minimum absolute atomic E-state index is 0.00784. The zero-order valence-electron chi connectivity index (χ0n) is 23.9. The second-order valence-corrected chi connectivity index (χ2v) is 12.4. The fraction of sp³-hybridized carbons (Fsp3) is 0.438. The number of hydrogen-bond acceptors (Lipinski definition) is 6. The van der Waals surface area contributed by atoms with Crippen LogP contribution in [0.4, 0.5) is 0 Å². The van der Waals surface area contributed by atoms with E-state index in [1.54, 1.807) is 4.90 Å². The van der Waals surface area contributed by atoms with Gasteiger partial charge in [-0.05, 0) is 54.5 Å². The van der Waals surface area contributed by atoms with Gasteiger partial charge in [-0.1, -0.05) is 29.8 Å². The molecule has 43 heavy (non-hydrogen) atoms. The third-order valence-corrected chi connectivity index (χ3v) is 9.60. The minimum Gasteiger partial charge on any atom is -0.379 e. The van der Waals surface area contributed by atoms with Gasteiger partial charge in [0.05, 0.1) is 13.2 Å². The molecule has 3 aromatic rings. The highest BCUT2D eigenvalue weighted by Crippen LogP contribution is 2.35. The van der Waals surface area contributed by atoms with Crippen molar-refractivity contribution in [2.24, 2.45) is 0 Å². The Labute approximate surface area is 254 Å². The maximum Gasteiger partial charge on any atom is 0.270 e. The fourth-order valence-corrected chi connectivity index (χ4v) is 7.15. The third-order valence-electron chi connectivity index (χ3n) is 9.37. The van der Waals surface area contributed by atoms with Crippen molar-refractivity contribution in [3.05, 3.63) is 69.4 Å². The van der Waals surface area contributed by atoms with Gasteiger partial charge in [0.2, 0.25) is 11.8 Å². The molecule has 5 heterocycles. The van der Waals surface area contributed by atoms with Crippen LogP contribution in [0.25, 0.3) is 10.9 Å². The molecule has 3 saturated heterocycles. The number of aromatic amines is 1. The van der Waals surface area contributed by atoms with Gasteiger partial charge in [0.25, 0.3) is 11.8 Å². The van der Waals surface area contributed by atoms with E-state index in [0.29, 0.717) is 62.1 Å². The van der Waals surface area contributed by atoms with E-state index in [0.717, 1.165) is 53.5 Å². The van der Waals surface area contributed by atoms with E-state index in [9.17, 15) is 19.2 Å². The number of imide groups is 1. The molecule has 1 aromatic heterocycles. The maximum atomic E-state index is 13.9. The average Bonchev–Trinajstić information content (AvgIpc) is 3.53. The van der Waals surface area contributed by atoms with Crippen molar-refractivity contribution in [1.29, 1.82) is 0 Å². The molecule has 4 amide bonds. The molecule has 7 rings (SSSR count). The number of nitrogens with zero attached hydrogens (tertiary/aromatic N) is 3. The zero-order valence-corrected chi connectivity index (χ0v) is 24.6. The molecule has 0 aliphatic carbocycles. The number of fused-ring (bicyclic) bond motifs is 2. The maximum absolute atomic E-state index is 13.9. The Bertz CT molecular complexity index is 1620. The number of hydrogen-bond donors (Lipinski definition) is 2. The molecular formula is C32H34ClN5O5. The summed E-state index contributed by atoms with van der Waals surface area (Å²) in [7, 11) is 0. The number of carbonyl (C=O) groups is 4. The van der Waals surface area contributed by atoms with Crippen LogP contribution in [0.2, 0.25) is 5.02 Å². The molecular weight excluding hydrogens is 570 g/mol. The molecule has 224 valence electrons. The van der Waals surface area contributed by atoms with Crippen molar-refractivity contribution in [3.63, 3.8) is 0 Å².